The zero-order chi connectivity index (χ0) is 11.4. The fourth-order valence-electron chi connectivity index (χ4n) is 1.45. The molecule has 2 amide bonds. The Balaban J connectivity index is 2.71. The standard InChI is InChI=1S/C9H15ClN2O3/c1-6(4-10)9(14)12-2-3-15-5-7(12)8(11)13/h6-7H,2-5H2,1H3,(H2,11,13). The van der Waals surface area contributed by atoms with Crippen LogP contribution < -0.4 is 5.73 Å². The maximum Gasteiger partial charge on any atom is 0.242 e. The van der Waals surface area contributed by atoms with Gasteiger partial charge in [0.25, 0.3) is 0 Å². The topological polar surface area (TPSA) is 72.6 Å². The van der Waals surface area contributed by atoms with Gasteiger partial charge < -0.3 is 15.4 Å². The van der Waals surface area contributed by atoms with Crippen LogP contribution >= 0.6 is 11.6 Å². The van der Waals surface area contributed by atoms with Gasteiger partial charge in [-0.15, -0.1) is 11.6 Å². The van der Waals surface area contributed by atoms with Crippen LogP contribution in [0, 0.1) is 5.92 Å². The number of alkyl halides is 1. The lowest BCUT2D eigenvalue weighted by atomic mass is 10.1. The highest BCUT2D eigenvalue weighted by atomic mass is 35.5. The van der Waals surface area contributed by atoms with Crippen molar-refractivity contribution < 1.29 is 14.3 Å². The molecule has 2 N–H and O–H groups in total. The number of hydrogen-bond acceptors (Lipinski definition) is 3. The van der Waals surface area contributed by atoms with E-state index < -0.39 is 11.9 Å². The summed E-state index contributed by atoms with van der Waals surface area (Å²) in [6.07, 6.45) is 0. The number of rotatable bonds is 3. The predicted octanol–water partition coefficient (Wildman–Crippen LogP) is -0.426. The van der Waals surface area contributed by atoms with Gasteiger partial charge in [0.2, 0.25) is 11.8 Å². The summed E-state index contributed by atoms with van der Waals surface area (Å²) in [7, 11) is 0. The Labute approximate surface area is 93.5 Å². The van der Waals surface area contributed by atoms with Crippen molar-refractivity contribution in [1.82, 2.24) is 4.90 Å². The first-order valence-corrected chi connectivity index (χ1v) is 5.35. The zero-order valence-electron chi connectivity index (χ0n) is 8.61. The smallest absolute Gasteiger partial charge is 0.242 e. The molecular formula is C9H15ClN2O3. The molecule has 1 aliphatic rings. The minimum Gasteiger partial charge on any atom is -0.377 e. The molecule has 1 fully saturated rings. The summed E-state index contributed by atoms with van der Waals surface area (Å²) < 4.78 is 5.11. The van der Waals surface area contributed by atoms with Gasteiger partial charge in [-0.3, -0.25) is 9.59 Å². The second-order valence-electron chi connectivity index (χ2n) is 3.58. The number of ether oxygens (including phenoxy) is 1. The lowest BCUT2D eigenvalue weighted by Gasteiger charge is -2.34. The molecule has 15 heavy (non-hydrogen) atoms. The van der Waals surface area contributed by atoms with E-state index in [9.17, 15) is 9.59 Å². The quantitative estimate of drug-likeness (QED) is 0.674. The second kappa shape index (κ2) is 5.32. The van der Waals surface area contributed by atoms with E-state index in [0.717, 1.165) is 0 Å². The summed E-state index contributed by atoms with van der Waals surface area (Å²) in [5, 5.41) is 0. The molecule has 6 heteroatoms. The van der Waals surface area contributed by atoms with Gasteiger partial charge in [-0.25, -0.2) is 0 Å². The van der Waals surface area contributed by atoms with Crippen LogP contribution in [0.3, 0.4) is 0 Å². The molecule has 86 valence electrons. The molecule has 0 aromatic rings. The van der Waals surface area contributed by atoms with Crippen molar-refractivity contribution in [3.8, 4) is 0 Å². The van der Waals surface area contributed by atoms with Crippen LogP contribution in [0.5, 0.6) is 0 Å². The number of amides is 2. The number of nitrogens with two attached hydrogens (primary N) is 1. The summed E-state index contributed by atoms with van der Waals surface area (Å²) >= 11 is 5.60. The summed E-state index contributed by atoms with van der Waals surface area (Å²) in [5.41, 5.74) is 5.19. The van der Waals surface area contributed by atoms with Gasteiger partial charge in [0.1, 0.15) is 6.04 Å². The van der Waals surface area contributed by atoms with Gasteiger partial charge in [0.15, 0.2) is 0 Å². The normalized spacial score (nSPS) is 23.6. The SMILES string of the molecule is CC(CCl)C(=O)N1CCOCC1C(N)=O. The predicted molar refractivity (Wildman–Crippen MR) is 55.4 cm³/mol. The van der Waals surface area contributed by atoms with Crippen molar-refractivity contribution in [2.45, 2.75) is 13.0 Å². The average Bonchev–Trinajstić information content (AvgIpc) is 2.27. The molecule has 0 aromatic carbocycles. The molecule has 0 saturated carbocycles. The molecule has 1 heterocycles. The molecule has 0 radical (unpaired) electrons. The van der Waals surface area contributed by atoms with Crippen molar-refractivity contribution in [3.05, 3.63) is 0 Å². The molecule has 0 spiro atoms. The minimum absolute atomic E-state index is 0.142. The van der Waals surface area contributed by atoms with Gasteiger partial charge in [0.05, 0.1) is 13.2 Å². The van der Waals surface area contributed by atoms with E-state index in [1.165, 1.54) is 4.90 Å². The molecule has 2 unspecified atom stereocenters. The van der Waals surface area contributed by atoms with E-state index in [-0.39, 0.29) is 24.3 Å². The van der Waals surface area contributed by atoms with Crippen molar-refractivity contribution in [2.24, 2.45) is 11.7 Å². The summed E-state index contributed by atoms with van der Waals surface area (Å²) in [5.74, 6) is -0.740. The number of primary amides is 1. The Hall–Kier alpha value is -0.810. The first kappa shape index (κ1) is 12.3. The van der Waals surface area contributed by atoms with E-state index in [1.54, 1.807) is 6.92 Å². The van der Waals surface area contributed by atoms with Gasteiger partial charge in [-0.2, -0.15) is 0 Å². The third kappa shape index (κ3) is 2.82. The Bertz CT molecular complexity index is 260. The molecule has 5 nitrogen and oxygen atoms in total. The fraction of sp³-hybridized carbons (Fsp3) is 0.778. The van der Waals surface area contributed by atoms with Crippen LogP contribution in [0.2, 0.25) is 0 Å². The zero-order valence-corrected chi connectivity index (χ0v) is 9.37. The highest BCUT2D eigenvalue weighted by Crippen LogP contribution is 2.12. The monoisotopic (exact) mass is 234 g/mol. The Morgan fingerprint density at radius 1 is 1.67 bits per heavy atom. The van der Waals surface area contributed by atoms with Crippen LogP contribution in [-0.2, 0) is 14.3 Å². The van der Waals surface area contributed by atoms with E-state index in [2.05, 4.69) is 0 Å². The largest absolute Gasteiger partial charge is 0.377 e. The second-order valence-corrected chi connectivity index (χ2v) is 3.89. The maximum atomic E-state index is 11.8. The van der Waals surface area contributed by atoms with Crippen LogP contribution in [0.15, 0.2) is 0 Å². The minimum atomic E-state index is -0.656. The van der Waals surface area contributed by atoms with Gasteiger partial charge >= 0.3 is 0 Å². The van der Waals surface area contributed by atoms with Crippen LogP contribution in [0.25, 0.3) is 0 Å². The number of morpholine rings is 1. The average molecular weight is 235 g/mol. The third-order valence-corrected chi connectivity index (χ3v) is 2.86. The number of carbonyl (C=O) groups is 2. The molecule has 1 aliphatic heterocycles. The molecule has 0 bridgehead atoms. The highest BCUT2D eigenvalue weighted by molar-refractivity contribution is 6.19. The molecule has 0 aliphatic carbocycles. The van der Waals surface area contributed by atoms with Crippen molar-refractivity contribution >= 4 is 23.4 Å². The van der Waals surface area contributed by atoms with Crippen molar-refractivity contribution in [1.29, 1.82) is 0 Å². The number of halogens is 1. The number of carbonyl (C=O) groups excluding carboxylic acids is 2. The third-order valence-electron chi connectivity index (χ3n) is 2.39. The van der Waals surface area contributed by atoms with Gasteiger partial charge in [0, 0.05) is 18.3 Å². The maximum absolute atomic E-state index is 11.8. The lowest BCUT2D eigenvalue weighted by molar-refractivity contribution is -0.149. The van der Waals surface area contributed by atoms with E-state index in [1.807, 2.05) is 0 Å². The fourth-order valence-corrected chi connectivity index (χ4v) is 1.58. The Morgan fingerprint density at radius 3 is 2.87 bits per heavy atom. The first-order valence-electron chi connectivity index (χ1n) is 4.81. The van der Waals surface area contributed by atoms with E-state index >= 15 is 0 Å². The van der Waals surface area contributed by atoms with Crippen molar-refractivity contribution in [3.63, 3.8) is 0 Å². The van der Waals surface area contributed by atoms with E-state index in [0.29, 0.717) is 13.2 Å². The summed E-state index contributed by atoms with van der Waals surface area (Å²) in [6.45, 7) is 2.73. The molecule has 0 aromatic heterocycles. The Morgan fingerprint density at radius 2 is 2.33 bits per heavy atom. The molecular weight excluding hydrogens is 220 g/mol. The van der Waals surface area contributed by atoms with Gasteiger partial charge in [-0.05, 0) is 0 Å². The van der Waals surface area contributed by atoms with Crippen molar-refractivity contribution in [2.75, 3.05) is 25.6 Å². The molecule has 1 rings (SSSR count). The molecule has 2 atom stereocenters. The Kier molecular flexibility index (Phi) is 4.35. The van der Waals surface area contributed by atoms with Crippen LogP contribution in [0.4, 0.5) is 0 Å². The number of nitrogens with zero attached hydrogens (tertiary/aromatic N) is 1. The summed E-state index contributed by atoms with van der Waals surface area (Å²) in [6, 6.07) is -0.656. The van der Waals surface area contributed by atoms with E-state index in [4.69, 9.17) is 22.1 Å². The number of hydrogen-bond donors (Lipinski definition) is 1. The summed E-state index contributed by atoms with van der Waals surface area (Å²) in [4.78, 5) is 24.4. The van der Waals surface area contributed by atoms with Crippen LogP contribution in [0.1, 0.15) is 6.92 Å². The highest BCUT2D eigenvalue weighted by Gasteiger charge is 2.33. The lowest BCUT2D eigenvalue weighted by Crippen LogP contribution is -2.56. The first-order chi connectivity index (χ1) is 7.07. The van der Waals surface area contributed by atoms with Crippen LogP contribution in [-0.4, -0.2) is 48.4 Å². The molecule has 1 saturated heterocycles. The van der Waals surface area contributed by atoms with Gasteiger partial charge in [-0.1, -0.05) is 6.92 Å².